The molecule has 6 heteroatoms. The quantitative estimate of drug-likeness (QED) is 0.590. The molecule has 178 valence electrons. The van der Waals surface area contributed by atoms with Crippen molar-refractivity contribution >= 4 is 5.91 Å². The van der Waals surface area contributed by atoms with Gasteiger partial charge < -0.3 is 10.0 Å². The van der Waals surface area contributed by atoms with Gasteiger partial charge in [0.25, 0.3) is 5.91 Å². The van der Waals surface area contributed by atoms with Crippen LogP contribution in [0, 0.1) is 5.82 Å². The molecule has 5 nitrogen and oxygen atoms in total. The van der Waals surface area contributed by atoms with Gasteiger partial charge in [0, 0.05) is 55.9 Å². The first-order valence-electron chi connectivity index (χ1n) is 11.8. The second kappa shape index (κ2) is 10.9. The van der Waals surface area contributed by atoms with Gasteiger partial charge in [-0.1, -0.05) is 18.2 Å². The number of piperazine rings is 1. The molecule has 0 radical (unpaired) electrons. The average molecular weight is 454 g/mol. The Balaban J connectivity index is 2.01. The highest BCUT2D eigenvalue weighted by Crippen LogP contribution is 2.36. The van der Waals surface area contributed by atoms with E-state index in [0.29, 0.717) is 24.2 Å². The van der Waals surface area contributed by atoms with Gasteiger partial charge in [-0.25, -0.2) is 4.39 Å². The topological polar surface area (TPSA) is 47.0 Å². The fraction of sp³-hybridized carbons (Fsp3) is 0.444. The number of carbonyl (C=O) groups is 1. The van der Waals surface area contributed by atoms with Crippen molar-refractivity contribution in [2.45, 2.75) is 45.8 Å². The molecule has 1 unspecified atom stereocenters. The summed E-state index contributed by atoms with van der Waals surface area (Å²) in [5.41, 5.74) is 1.95. The van der Waals surface area contributed by atoms with Crippen molar-refractivity contribution in [1.82, 2.24) is 14.7 Å². The van der Waals surface area contributed by atoms with Gasteiger partial charge >= 0.3 is 0 Å². The molecule has 1 heterocycles. The summed E-state index contributed by atoms with van der Waals surface area (Å²) in [6.07, 6.45) is 1.91. The number of benzene rings is 2. The summed E-state index contributed by atoms with van der Waals surface area (Å²) in [5.74, 6) is -0.322. The van der Waals surface area contributed by atoms with Gasteiger partial charge in [0.2, 0.25) is 0 Å². The fourth-order valence-electron chi connectivity index (χ4n) is 4.80. The van der Waals surface area contributed by atoms with Crippen LogP contribution < -0.4 is 0 Å². The van der Waals surface area contributed by atoms with E-state index < -0.39 is 0 Å². The second-order valence-corrected chi connectivity index (χ2v) is 8.85. The number of rotatable bonds is 8. The zero-order chi connectivity index (χ0) is 24.1. The van der Waals surface area contributed by atoms with Crippen LogP contribution in [0.2, 0.25) is 0 Å². The second-order valence-electron chi connectivity index (χ2n) is 8.85. The SMILES string of the molecule is C=CCN1C[C@H](C)N(C(c2ccc(C(=O)N(CC)CC)cc2)c2cc(O)ccc2F)C[C@H]1C. The first-order chi connectivity index (χ1) is 15.8. The molecule has 0 saturated carbocycles. The van der Waals surface area contributed by atoms with E-state index in [0.717, 1.165) is 25.2 Å². The summed E-state index contributed by atoms with van der Waals surface area (Å²) in [7, 11) is 0. The maximum Gasteiger partial charge on any atom is 0.253 e. The number of phenolic OH excluding ortho intramolecular Hbond substituents is 1. The molecule has 3 rings (SSSR count). The van der Waals surface area contributed by atoms with E-state index in [1.54, 1.807) is 4.90 Å². The van der Waals surface area contributed by atoms with E-state index >= 15 is 4.39 Å². The Kier molecular flexibility index (Phi) is 8.27. The van der Waals surface area contributed by atoms with Crippen molar-refractivity contribution in [2.75, 3.05) is 32.7 Å². The van der Waals surface area contributed by atoms with Crippen LogP contribution in [0.15, 0.2) is 55.1 Å². The highest BCUT2D eigenvalue weighted by atomic mass is 19.1. The lowest BCUT2D eigenvalue weighted by atomic mass is 9.92. The number of amides is 1. The third-order valence-electron chi connectivity index (χ3n) is 6.66. The third-order valence-corrected chi connectivity index (χ3v) is 6.66. The number of phenols is 1. The summed E-state index contributed by atoms with van der Waals surface area (Å²) in [5, 5.41) is 10.1. The number of halogens is 1. The number of nitrogens with zero attached hydrogens (tertiary/aromatic N) is 3. The lowest BCUT2D eigenvalue weighted by molar-refractivity contribution is 0.0298. The molecule has 0 spiro atoms. The highest BCUT2D eigenvalue weighted by molar-refractivity contribution is 5.94. The number of hydrogen-bond donors (Lipinski definition) is 1. The molecule has 1 amide bonds. The average Bonchev–Trinajstić information content (AvgIpc) is 2.80. The van der Waals surface area contributed by atoms with Gasteiger partial charge in [0.1, 0.15) is 11.6 Å². The van der Waals surface area contributed by atoms with Crippen LogP contribution in [-0.4, -0.2) is 70.5 Å². The van der Waals surface area contributed by atoms with E-state index in [4.69, 9.17) is 0 Å². The molecular formula is C27H36FN3O2. The van der Waals surface area contributed by atoms with Gasteiger partial charge in [-0.3, -0.25) is 14.6 Å². The van der Waals surface area contributed by atoms with Crippen LogP contribution >= 0.6 is 0 Å². The Labute approximate surface area is 197 Å². The maximum absolute atomic E-state index is 15.1. The first-order valence-corrected chi connectivity index (χ1v) is 11.8. The van der Waals surface area contributed by atoms with Gasteiger partial charge in [0.15, 0.2) is 0 Å². The number of aromatic hydroxyl groups is 1. The first kappa shape index (κ1) is 24.9. The zero-order valence-corrected chi connectivity index (χ0v) is 20.2. The smallest absolute Gasteiger partial charge is 0.253 e. The van der Waals surface area contributed by atoms with Crippen LogP contribution in [0.25, 0.3) is 0 Å². The molecule has 1 saturated heterocycles. The Morgan fingerprint density at radius 1 is 1.15 bits per heavy atom. The molecule has 3 atom stereocenters. The molecule has 33 heavy (non-hydrogen) atoms. The molecule has 0 aromatic heterocycles. The summed E-state index contributed by atoms with van der Waals surface area (Å²) in [4.78, 5) is 19.2. The normalized spacial score (nSPS) is 20.4. The summed E-state index contributed by atoms with van der Waals surface area (Å²) >= 11 is 0. The van der Waals surface area contributed by atoms with Gasteiger partial charge in [-0.05, 0) is 63.6 Å². The Hall–Kier alpha value is -2.70. The van der Waals surface area contributed by atoms with E-state index in [1.165, 1.54) is 18.2 Å². The van der Waals surface area contributed by atoms with Gasteiger partial charge in [-0.15, -0.1) is 6.58 Å². The lowest BCUT2D eigenvalue weighted by Crippen LogP contribution is -2.57. The van der Waals surface area contributed by atoms with Crippen molar-refractivity contribution < 1.29 is 14.3 Å². The van der Waals surface area contributed by atoms with Crippen molar-refractivity contribution in [1.29, 1.82) is 0 Å². The Bertz CT molecular complexity index is 958. The minimum atomic E-state index is -0.377. The van der Waals surface area contributed by atoms with Crippen molar-refractivity contribution in [2.24, 2.45) is 0 Å². The van der Waals surface area contributed by atoms with Gasteiger partial charge in [0.05, 0.1) is 6.04 Å². The molecule has 1 aliphatic rings. The summed E-state index contributed by atoms with van der Waals surface area (Å²) in [6, 6.07) is 11.7. The van der Waals surface area contributed by atoms with Crippen molar-refractivity contribution in [3.8, 4) is 5.75 Å². The maximum atomic E-state index is 15.1. The number of carbonyl (C=O) groups excluding carboxylic acids is 1. The molecule has 1 fully saturated rings. The molecule has 2 aromatic carbocycles. The molecule has 0 bridgehead atoms. The molecule has 1 N–H and O–H groups in total. The summed E-state index contributed by atoms with van der Waals surface area (Å²) < 4.78 is 15.1. The van der Waals surface area contributed by atoms with Crippen LogP contribution in [0.4, 0.5) is 4.39 Å². The largest absolute Gasteiger partial charge is 0.508 e. The van der Waals surface area contributed by atoms with Gasteiger partial charge in [-0.2, -0.15) is 0 Å². The van der Waals surface area contributed by atoms with Crippen LogP contribution in [0.5, 0.6) is 5.75 Å². The number of hydrogen-bond acceptors (Lipinski definition) is 4. The van der Waals surface area contributed by atoms with E-state index in [2.05, 4.69) is 30.2 Å². The third kappa shape index (κ3) is 5.45. The van der Waals surface area contributed by atoms with Crippen molar-refractivity contribution in [3.05, 3.63) is 77.6 Å². The monoisotopic (exact) mass is 453 g/mol. The van der Waals surface area contributed by atoms with Crippen LogP contribution in [-0.2, 0) is 0 Å². The van der Waals surface area contributed by atoms with Crippen molar-refractivity contribution in [3.63, 3.8) is 0 Å². The molecular weight excluding hydrogens is 417 g/mol. The van der Waals surface area contributed by atoms with E-state index in [1.807, 2.05) is 44.2 Å². The lowest BCUT2D eigenvalue weighted by Gasteiger charge is -2.47. The zero-order valence-electron chi connectivity index (χ0n) is 20.2. The molecule has 0 aliphatic carbocycles. The minimum Gasteiger partial charge on any atom is -0.508 e. The molecule has 1 aliphatic heterocycles. The Morgan fingerprint density at radius 2 is 1.82 bits per heavy atom. The van der Waals surface area contributed by atoms with E-state index in [9.17, 15) is 9.90 Å². The predicted octanol–water partition coefficient (Wildman–Crippen LogP) is 4.68. The highest BCUT2D eigenvalue weighted by Gasteiger charge is 2.35. The Morgan fingerprint density at radius 3 is 2.42 bits per heavy atom. The molecule has 2 aromatic rings. The standard InChI is InChI=1S/C27H36FN3O2/c1-6-15-30-17-20(5)31(18-19(30)4)26(24-16-23(32)13-14-25(24)28)21-9-11-22(12-10-21)27(33)29(7-2)8-3/h6,9-14,16,19-20,26,32H,1,7-8,15,17-18H2,2-5H3/t19-,20+,26?/m1/s1. The summed E-state index contributed by atoms with van der Waals surface area (Å²) in [6.45, 7) is 15.8. The predicted molar refractivity (Wildman–Crippen MR) is 131 cm³/mol. The fourth-order valence-corrected chi connectivity index (χ4v) is 4.80. The van der Waals surface area contributed by atoms with E-state index in [-0.39, 0.29) is 35.6 Å². The minimum absolute atomic E-state index is 0.00772. The van der Waals surface area contributed by atoms with Crippen LogP contribution in [0.3, 0.4) is 0 Å². The van der Waals surface area contributed by atoms with Crippen LogP contribution in [0.1, 0.15) is 55.2 Å².